The zero-order valence-electron chi connectivity index (χ0n) is 11.6. The number of aliphatic hydroxyl groups excluding tert-OH is 1. The highest BCUT2D eigenvalue weighted by Gasteiger charge is 2.20. The number of rotatable bonds is 3. The maximum Gasteiger partial charge on any atom is 0.133 e. The van der Waals surface area contributed by atoms with E-state index >= 15 is 0 Å². The Morgan fingerprint density at radius 3 is 3.00 bits per heavy atom. The lowest BCUT2D eigenvalue weighted by atomic mass is 10.1. The van der Waals surface area contributed by atoms with Crippen molar-refractivity contribution < 1.29 is 9.84 Å². The van der Waals surface area contributed by atoms with Gasteiger partial charge in [0.1, 0.15) is 17.5 Å². The number of benzene rings is 1. The zero-order valence-corrected chi connectivity index (χ0v) is 12.3. The summed E-state index contributed by atoms with van der Waals surface area (Å²) in [5.74, 6) is 0.803. The fourth-order valence-electron chi connectivity index (χ4n) is 2.65. The van der Waals surface area contributed by atoms with Crippen LogP contribution in [0.3, 0.4) is 0 Å². The van der Waals surface area contributed by atoms with Crippen molar-refractivity contribution in [2.24, 2.45) is 7.05 Å². The largest absolute Gasteiger partial charge is 0.489 e. The molecule has 0 saturated heterocycles. The van der Waals surface area contributed by atoms with Crippen LogP contribution in [0, 0.1) is 6.92 Å². The van der Waals surface area contributed by atoms with Gasteiger partial charge in [0.25, 0.3) is 0 Å². The van der Waals surface area contributed by atoms with Crippen LogP contribution in [0.25, 0.3) is 0 Å². The molecule has 0 spiro atoms. The number of hydrogen-bond acceptors (Lipinski definition) is 3. The molecule has 1 aliphatic carbocycles. The quantitative estimate of drug-likeness (QED) is 0.946. The lowest BCUT2D eigenvalue weighted by molar-refractivity contribution is 0.180. The van der Waals surface area contributed by atoms with E-state index in [0.717, 1.165) is 35.4 Å². The van der Waals surface area contributed by atoms with Crippen molar-refractivity contribution >= 4 is 11.6 Å². The summed E-state index contributed by atoms with van der Waals surface area (Å²) in [5, 5.41) is 14.7. The summed E-state index contributed by atoms with van der Waals surface area (Å²) in [6.07, 6.45) is 1.38. The molecule has 5 heteroatoms. The maximum absolute atomic E-state index is 9.79. The minimum Gasteiger partial charge on any atom is -0.489 e. The van der Waals surface area contributed by atoms with E-state index in [1.165, 1.54) is 5.56 Å². The first-order valence-corrected chi connectivity index (χ1v) is 7.05. The number of nitrogens with zero attached hydrogens (tertiary/aromatic N) is 2. The first kappa shape index (κ1) is 13.5. The highest BCUT2D eigenvalue weighted by Crippen LogP contribution is 2.33. The maximum atomic E-state index is 9.79. The van der Waals surface area contributed by atoms with E-state index in [1.807, 2.05) is 32.2 Å². The molecule has 0 aliphatic heterocycles. The predicted octanol–water partition coefficient (Wildman–Crippen LogP) is 2.94. The topological polar surface area (TPSA) is 47.3 Å². The Kier molecular flexibility index (Phi) is 3.44. The summed E-state index contributed by atoms with van der Waals surface area (Å²) in [6.45, 7) is 2.32. The fraction of sp³-hybridized carbons (Fsp3) is 0.400. The number of aromatic nitrogens is 2. The third kappa shape index (κ3) is 2.30. The van der Waals surface area contributed by atoms with Crippen molar-refractivity contribution in [1.29, 1.82) is 0 Å². The molecule has 0 bridgehead atoms. The Bertz CT molecular complexity index is 652. The van der Waals surface area contributed by atoms with Crippen molar-refractivity contribution in [3.05, 3.63) is 45.7 Å². The van der Waals surface area contributed by atoms with E-state index in [0.29, 0.717) is 11.8 Å². The zero-order chi connectivity index (χ0) is 14.3. The molecular formula is C15H17ClN2O2. The lowest BCUT2D eigenvalue weighted by Gasteiger charge is -2.09. The molecule has 1 aliphatic rings. The highest BCUT2D eigenvalue weighted by atomic mass is 35.5. The fourth-order valence-corrected chi connectivity index (χ4v) is 2.88. The molecule has 106 valence electrons. The molecule has 2 aromatic rings. The van der Waals surface area contributed by atoms with Crippen molar-refractivity contribution in [3.8, 4) is 5.75 Å². The second kappa shape index (κ2) is 5.11. The third-order valence-corrected chi connectivity index (χ3v) is 4.29. The van der Waals surface area contributed by atoms with Crippen LogP contribution in [0.2, 0.25) is 5.15 Å². The van der Waals surface area contributed by atoms with Gasteiger partial charge in [0.05, 0.1) is 11.8 Å². The molecule has 1 aromatic heterocycles. The summed E-state index contributed by atoms with van der Waals surface area (Å²) in [6, 6.07) is 5.85. The van der Waals surface area contributed by atoms with Crippen molar-refractivity contribution in [3.63, 3.8) is 0 Å². The van der Waals surface area contributed by atoms with Gasteiger partial charge in [-0.3, -0.25) is 4.68 Å². The standard InChI is InChI=1S/C15H17ClN2O2/c1-9-13(15(16)18(2)17-9)8-20-11-4-5-12-10(7-11)3-6-14(12)19/h4-5,7,14,19H,3,6,8H2,1-2H3/t14-/m1/s1. The van der Waals surface area contributed by atoms with E-state index in [9.17, 15) is 5.11 Å². The van der Waals surface area contributed by atoms with Crippen LogP contribution in [-0.2, 0) is 20.1 Å². The molecule has 4 nitrogen and oxygen atoms in total. The van der Waals surface area contributed by atoms with Gasteiger partial charge < -0.3 is 9.84 Å². The number of ether oxygens (including phenoxy) is 1. The molecule has 1 heterocycles. The van der Waals surface area contributed by atoms with Gasteiger partial charge in [0, 0.05) is 12.6 Å². The molecule has 0 amide bonds. The van der Waals surface area contributed by atoms with Gasteiger partial charge in [0.2, 0.25) is 0 Å². The molecule has 1 atom stereocenters. The third-order valence-electron chi connectivity index (χ3n) is 3.81. The molecule has 3 rings (SSSR count). The van der Waals surface area contributed by atoms with Gasteiger partial charge in [-0.25, -0.2) is 0 Å². The van der Waals surface area contributed by atoms with Gasteiger partial charge in [-0.2, -0.15) is 5.10 Å². The monoisotopic (exact) mass is 292 g/mol. The van der Waals surface area contributed by atoms with Gasteiger partial charge >= 0.3 is 0 Å². The summed E-state index contributed by atoms with van der Waals surface area (Å²) in [4.78, 5) is 0. The Morgan fingerprint density at radius 1 is 1.50 bits per heavy atom. The molecule has 1 aromatic carbocycles. The predicted molar refractivity (Wildman–Crippen MR) is 77.0 cm³/mol. The van der Waals surface area contributed by atoms with E-state index in [2.05, 4.69) is 5.10 Å². The van der Waals surface area contributed by atoms with E-state index in [1.54, 1.807) is 4.68 Å². The molecule has 0 unspecified atom stereocenters. The van der Waals surface area contributed by atoms with Crippen LogP contribution in [0.5, 0.6) is 5.75 Å². The number of halogens is 1. The van der Waals surface area contributed by atoms with Gasteiger partial charge in [-0.15, -0.1) is 0 Å². The first-order chi connectivity index (χ1) is 9.56. The van der Waals surface area contributed by atoms with Crippen LogP contribution >= 0.6 is 11.6 Å². The second-order valence-corrected chi connectivity index (χ2v) is 5.54. The Labute approximate surface area is 122 Å². The first-order valence-electron chi connectivity index (χ1n) is 6.68. The normalized spacial score (nSPS) is 17.3. The van der Waals surface area contributed by atoms with Crippen LogP contribution < -0.4 is 4.74 Å². The van der Waals surface area contributed by atoms with Gasteiger partial charge in [-0.05, 0) is 43.0 Å². The number of aryl methyl sites for hydroxylation is 3. The second-order valence-electron chi connectivity index (χ2n) is 5.18. The summed E-state index contributed by atoms with van der Waals surface area (Å²) in [5.41, 5.74) is 3.99. The lowest BCUT2D eigenvalue weighted by Crippen LogP contribution is -1.98. The average Bonchev–Trinajstić information content (AvgIpc) is 2.90. The van der Waals surface area contributed by atoms with Gasteiger partial charge in [0.15, 0.2) is 0 Å². The smallest absolute Gasteiger partial charge is 0.133 e. The minimum absolute atomic E-state index is 0.325. The summed E-state index contributed by atoms with van der Waals surface area (Å²) in [7, 11) is 1.82. The Morgan fingerprint density at radius 2 is 2.30 bits per heavy atom. The molecule has 0 radical (unpaired) electrons. The molecule has 0 saturated carbocycles. The summed E-state index contributed by atoms with van der Waals surface area (Å²) < 4.78 is 7.46. The van der Waals surface area contributed by atoms with Crippen molar-refractivity contribution in [1.82, 2.24) is 9.78 Å². The van der Waals surface area contributed by atoms with E-state index in [4.69, 9.17) is 16.3 Å². The van der Waals surface area contributed by atoms with Crippen molar-refractivity contribution in [2.75, 3.05) is 0 Å². The Hall–Kier alpha value is -1.52. The highest BCUT2D eigenvalue weighted by molar-refractivity contribution is 6.30. The van der Waals surface area contributed by atoms with E-state index in [-0.39, 0.29) is 6.10 Å². The molecular weight excluding hydrogens is 276 g/mol. The number of aliphatic hydroxyl groups is 1. The molecule has 1 N–H and O–H groups in total. The molecule has 20 heavy (non-hydrogen) atoms. The number of hydrogen-bond donors (Lipinski definition) is 1. The average molecular weight is 293 g/mol. The SMILES string of the molecule is Cc1nn(C)c(Cl)c1COc1ccc2c(c1)CC[C@H]2O. The minimum atomic E-state index is -0.325. The Balaban J connectivity index is 1.76. The van der Waals surface area contributed by atoms with Crippen molar-refractivity contribution in [2.45, 2.75) is 32.5 Å². The number of fused-ring (bicyclic) bond motifs is 1. The van der Waals surface area contributed by atoms with Crippen LogP contribution in [0.4, 0.5) is 0 Å². The van der Waals surface area contributed by atoms with E-state index < -0.39 is 0 Å². The van der Waals surface area contributed by atoms with Crippen LogP contribution in [0.15, 0.2) is 18.2 Å². The van der Waals surface area contributed by atoms with Crippen LogP contribution in [0.1, 0.15) is 34.9 Å². The van der Waals surface area contributed by atoms with Gasteiger partial charge in [-0.1, -0.05) is 17.7 Å². The summed E-state index contributed by atoms with van der Waals surface area (Å²) >= 11 is 6.18. The van der Waals surface area contributed by atoms with Crippen LogP contribution in [-0.4, -0.2) is 14.9 Å². The molecule has 0 fully saturated rings.